The molecular formula is C16H17N3O. The van der Waals surface area contributed by atoms with Crippen molar-refractivity contribution in [1.29, 1.82) is 5.26 Å². The fraction of sp³-hybridized carbons (Fsp3) is 0.250. The van der Waals surface area contributed by atoms with E-state index in [1.165, 1.54) is 0 Å². The molecule has 1 aromatic heterocycles. The summed E-state index contributed by atoms with van der Waals surface area (Å²) in [5, 5.41) is 12.4. The molecule has 0 aliphatic rings. The Morgan fingerprint density at radius 3 is 2.70 bits per heavy atom. The molecule has 102 valence electrons. The van der Waals surface area contributed by atoms with Gasteiger partial charge in [0.15, 0.2) is 0 Å². The van der Waals surface area contributed by atoms with E-state index in [1.807, 2.05) is 44.2 Å². The molecule has 0 aliphatic carbocycles. The molecule has 0 amide bonds. The Hall–Kier alpha value is -2.54. The van der Waals surface area contributed by atoms with Crippen LogP contribution in [0.5, 0.6) is 5.75 Å². The average molecular weight is 267 g/mol. The van der Waals surface area contributed by atoms with Crippen LogP contribution >= 0.6 is 0 Å². The lowest BCUT2D eigenvalue weighted by atomic mass is 10.1. The lowest BCUT2D eigenvalue weighted by Crippen LogP contribution is -2.03. The van der Waals surface area contributed by atoms with Crippen LogP contribution in [0.25, 0.3) is 0 Å². The third-order valence-corrected chi connectivity index (χ3v) is 3.09. The van der Waals surface area contributed by atoms with Gasteiger partial charge in [-0.2, -0.15) is 5.26 Å². The van der Waals surface area contributed by atoms with Gasteiger partial charge in [-0.25, -0.2) is 0 Å². The van der Waals surface area contributed by atoms with Gasteiger partial charge in [0.2, 0.25) is 0 Å². The first kappa shape index (κ1) is 13.9. The van der Waals surface area contributed by atoms with Crippen molar-refractivity contribution in [2.45, 2.75) is 20.4 Å². The number of aromatic nitrogens is 1. The van der Waals surface area contributed by atoms with Crippen LogP contribution in [0.1, 0.15) is 22.5 Å². The molecule has 2 aromatic rings. The minimum atomic E-state index is 0.547. The van der Waals surface area contributed by atoms with E-state index in [9.17, 15) is 0 Å². The maximum absolute atomic E-state index is 9.07. The molecular weight excluding hydrogens is 250 g/mol. The van der Waals surface area contributed by atoms with Crippen LogP contribution < -0.4 is 10.1 Å². The molecule has 1 N–H and O–H groups in total. The van der Waals surface area contributed by atoms with Crippen LogP contribution in [0.2, 0.25) is 0 Å². The molecule has 0 fully saturated rings. The third kappa shape index (κ3) is 3.07. The van der Waals surface area contributed by atoms with Gasteiger partial charge in [-0.3, -0.25) is 4.98 Å². The summed E-state index contributed by atoms with van der Waals surface area (Å²) in [6.07, 6.45) is 0. The lowest BCUT2D eigenvalue weighted by molar-refractivity contribution is 0.413. The van der Waals surface area contributed by atoms with Gasteiger partial charge in [-0.15, -0.1) is 0 Å². The summed E-state index contributed by atoms with van der Waals surface area (Å²) in [5.74, 6) is 0.601. The second kappa shape index (κ2) is 6.07. The number of ether oxygens (including phenoxy) is 1. The number of anilines is 1. The van der Waals surface area contributed by atoms with Crippen LogP contribution in [0.4, 0.5) is 5.69 Å². The molecule has 4 heteroatoms. The predicted molar refractivity (Wildman–Crippen MR) is 78.7 cm³/mol. The summed E-state index contributed by atoms with van der Waals surface area (Å²) in [7, 11) is 1.56. The first-order valence-electron chi connectivity index (χ1n) is 6.39. The zero-order valence-electron chi connectivity index (χ0n) is 11.9. The number of aryl methyl sites for hydroxylation is 2. The van der Waals surface area contributed by atoms with Gasteiger partial charge in [0.1, 0.15) is 11.8 Å². The number of hydrogen-bond donors (Lipinski definition) is 1. The lowest BCUT2D eigenvalue weighted by Gasteiger charge is -2.10. The Morgan fingerprint density at radius 2 is 2.05 bits per heavy atom. The molecule has 0 saturated carbocycles. The Bertz CT molecular complexity index is 659. The highest BCUT2D eigenvalue weighted by Crippen LogP contribution is 2.20. The highest BCUT2D eigenvalue weighted by Gasteiger charge is 2.04. The topological polar surface area (TPSA) is 57.9 Å². The largest absolute Gasteiger partial charge is 0.495 e. The van der Waals surface area contributed by atoms with Crippen molar-refractivity contribution in [2.75, 3.05) is 12.4 Å². The molecule has 2 rings (SSSR count). The number of nitrogens with zero attached hydrogens (tertiary/aromatic N) is 2. The summed E-state index contributed by atoms with van der Waals surface area (Å²) < 4.78 is 5.13. The van der Waals surface area contributed by atoms with E-state index in [4.69, 9.17) is 10.00 Å². The van der Waals surface area contributed by atoms with E-state index >= 15 is 0 Å². The molecule has 0 unspecified atom stereocenters. The summed E-state index contributed by atoms with van der Waals surface area (Å²) in [6.45, 7) is 4.59. The SMILES string of the molecule is COc1ccc(CNc2ccc(C)nc2C)cc1C#N. The highest BCUT2D eigenvalue weighted by molar-refractivity contribution is 5.50. The van der Waals surface area contributed by atoms with Crippen LogP contribution in [0, 0.1) is 25.2 Å². The van der Waals surface area contributed by atoms with Crippen LogP contribution in [-0.4, -0.2) is 12.1 Å². The molecule has 0 radical (unpaired) electrons. The molecule has 0 aliphatic heterocycles. The Kier molecular flexibility index (Phi) is 4.21. The molecule has 0 saturated heterocycles. The van der Waals surface area contributed by atoms with E-state index in [0.717, 1.165) is 22.6 Å². The Morgan fingerprint density at radius 1 is 1.25 bits per heavy atom. The van der Waals surface area contributed by atoms with E-state index in [-0.39, 0.29) is 0 Å². The average Bonchev–Trinajstić information content (AvgIpc) is 2.46. The first-order valence-corrected chi connectivity index (χ1v) is 6.39. The van der Waals surface area contributed by atoms with Crippen molar-refractivity contribution in [3.63, 3.8) is 0 Å². The molecule has 1 heterocycles. The molecule has 1 aromatic carbocycles. The number of nitrogens with one attached hydrogen (secondary N) is 1. The summed E-state index contributed by atoms with van der Waals surface area (Å²) in [4.78, 5) is 4.41. The van der Waals surface area contributed by atoms with Gasteiger partial charge >= 0.3 is 0 Å². The van der Waals surface area contributed by atoms with Crippen molar-refractivity contribution in [2.24, 2.45) is 0 Å². The van der Waals surface area contributed by atoms with E-state index < -0.39 is 0 Å². The highest BCUT2D eigenvalue weighted by atomic mass is 16.5. The smallest absolute Gasteiger partial charge is 0.136 e. The number of methoxy groups -OCH3 is 1. The van der Waals surface area contributed by atoms with Gasteiger partial charge in [0.05, 0.1) is 24.1 Å². The number of hydrogen-bond acceptors (Lipinski definition) is 4. The van der Waals surface area contributed by atoms with Crippen LogP contribution in [-0.2, 0) is 6.54 Å². The molecule has 20 heavy (non-hydrogen) atoms. The maximum Gasteiger partial charge on any atom is 0.136 e. The minimum absolute atomic E-state index is 0.547. The fourth-order valence-electron chi connectivity index (χ4n) is 2.02. The molecule has 0 atom stereocenters. The number of nitriles is 1. The van der Waals surface area contributed by atoms with Gasteiger partial charge in [0, 0.05) is 12.2 Å². The Labute approximate surface area is 119 Å². The van der Waals surface area contributed by atoms with Gasteiger partial charge in [-0.05, 0) is 43.7 Å². The second-order valence-electron chi connectivity index (χ2n) is 4.59. The molecule has 0 bridgehead atoms. The summed E-state index contributed by atoms with van der Waals surface area (Å²) in [6, 6.07) is 11.7. The zero-order chi connectivity index (χ0) is 14.5. The number of pyridine rings is 1. The van der Waals surface area contributed by atoms with Crippen LogP contribution in [0.15, 0.2) is 30.3 Å². The van der Waals surface area contributed by atoms with Crippen LogP contribution in [0.3, 0.4) is 0 Å². The van der Waals surface area contributed by atoms with Crippen molar-refractivity contribution < 1.29 is 4.74 Å². The quantitative estimate of drug-likeness (QED) is 0.924. The second-order valence-corrected chi connectivity index (χ2v) is 4.59. The van der Waals surface area contributed by atoms with Crippen molar-refractivity contribution in [1.82, 2.24) is 4.98 Å². The number of rotatable bonds is 4. The van der Waals surface area contributed by atoms with E-state index in [1.54, 1.807) is 7.11 Å². The summed E-state index contributed by atoms with van der Waals surface area (Å²) >= 11 is 0. The first-order chi connectivity index (χ1) is 9.63. The maximum atomic E-state index is 9.07. The van der Waals surface area contributed by atoms with Crippen molar-refractivity contribution in [3.05, 3.63) is 52.8 Å². The van der Waals surface area contributed by atoms with E-state index in [2.05, 4.69) is 16.4 Å². The standard InChI is InChI=1S/C16H17N3O/c1-11-4-6-15(12(2)19-11)18-10-13-5-7-16(20-3)14(8-13)9-17/h4-8,18H,10H2,1-3H3. The zero-order valence-corrected chi connectivity index (χ0v) is 11.9. The summed E-state index contributed by atoms with van der Waals surface area (Å²) in [5.41, 5.74) is 4.56. The third-order valence-electron chi connectivity index (χ3n) is 3.09. The van der Waals surface area contributed by atoms with Gasteiger partial charge in [0.25, 0.3) is 0 Å². The van der Waals surface area contributed by atoms with Gasteiger partial charge < -0.3 is 10.1 Å². The molecule has 4 nitrogen and oxygen atoms in total. The fourth-order valence-corrected chi connectivity index (χ4v) is 2.02. The predicted octanol–water partition coefficient (Wildman–Crippen LogP) is 3.19. The normalized spacial score (nSPS) is 9.90. The monoisotopic (exact) mass is 267 g/mol. The van der Waals surface area contributed by atoms with Gasteiger partial charge in [-0.1, -0.05) is 6.07 Å². The van der Waals surface area contributed by atoms with Crippen molar-refractivity contribution in [3.8, 4) is 11.8 Å². The van der Waals surface area contributed by atoms with E-state index in [0.29, 0.717) is 17.9 Å². The minimum Gasteiger partial charge on any atom is -0.495 e. The Balaban J connectivity index is 2.13. The van der Waals surface area contributed by atoms with Crippen molar-refractivity contribution >= 4 is 5.69 Å². The number of benzene rings is 1. The molecule has 0 spiro atoms.